The van der Waals surface area contributed by atoms with Gasteiger partial charge in [-0.15, -0.1) is 0 Å². The molecule has 1 N–H and O–H groups in total. The van der Waals surface area contributed by atoms with Crippen molar-refractivity contribution in [2.75, 3.05) is 6.26 Å². The maximum absolute atomic E-state index is 10.7. The predicted octanol–water partition coefficient (Wildman–Crippen LogP) is 1.38. The Morgan fingerprint density at radius 2 is 2.07 bits per heavy atom. The second-order valence-electron chi connectivity index (χ2n) is 2.73. The molecule has 0 aliphatic carbocycles. The first-order chi connectivity index (χ1) is 6.79. The van der Waals surface area contributed by atoms with E-state index in [9.17, 15) is 13.2 Å². The molecule has 0 aromatic heterocycles. The molecule has 0 radical (unpaired) electrons. The maximum atomic E-state index is 10.7. The highest BCUT2D eigenvalue weighted by Gasteiger charge is 2.11. The number of rotatable bonds is 3. The van der Waals surface area contributed by atoms with Gasteiger partial charge in [0.2, 0.25) is 0 Å². The first-order valence-corrected chi connectivity index (χ1v) is 5.91. The maximum Gasteiger partial charge on any atom is 0.337 e. The van der Waals surface area contributed by atoms with Crippen LogP contribution in [0.3, 0.4) is 0 Å². The zero-order chi connectivity index (χ0) is 11.6. The van der Waals surface area contributed by atoms with Crippen LogP contribution in [0.4, 0.5) is 0 Å². The zero-order valence-corrected chi connectivity index (χ0v) is 9.17. The van der Waals surface area contributed by atoms with E-state index >= 15 is 0 Å². The molecule has 1 aromatic carbocycles. The van der Waals surface area contributed by atoms with Gasteiger partial charge in [-0.05, 0) is 12.1 Å². The summed E-state index contributed by atoms with van der Waals surface area (Å²) in [6.07, 6.45) is 0.881. The quantitative estimate of drug-likeness (QED) is 0.820. The normalized spacial score (nSPS) is 11.1. The molecule has 0 saturated carbocycles. The summed E-state index contributed by atoms with van der Waals surface area (Å²) in [5, 5.41) is 8.57. The van der Waals surface area contributed by atoms with Crippen molar-refractivity contribution in [3.8, 4) is 5.75 Å². The number of carboxylic acids is 1. The summed E-state index contributed by atoms with van der Waals surface area (Å²) in [5.74, 6) is -1.21. The Labute approximate surface area is 91.4 Å². The van der Waals surface area contributed by atoms with Crippen molar-refractivity contribution < 1.29 is 22.5 Å². The average Bonchev–Trinajstić information content (AvgIpc) is 1.99. The van der Waals surface area contributed by atoms with Crippen LogP contribution in [0.5, 0.6) is 5.75 Å². The Hall–Kier alpha value is -1.27. The number of aromatic carboxylic acids is 1. The van der Waals surface area contributed by atoms with Crippen molar-refractivity contribution in [1.82, 2.24) is 0 Å². The molecular formula is C8H7ClO5S. The number of carboxylic acid groups (broad SMARTS) is 1. The summed E-state index contributed by atoms with van der Waals surface area (Å²) in [4.78, 5) is 10.6. The van der Waals surface area contributed by atoms with Crippen molar-refractivity contribution in [3.63, 3.8) is 0 Å². The Morgan fingerprint density at radius 1 is 1.47 bits per heavy atom. The number of carbonyl (C=O) groups is 1. The molecule has 0 heterocycles. The van der Waals surface area contributed by atoms with Gasteiger partial charge in [0.15, 0.2) is 0 Å². The molecule has 0 aliphatic heterocycles. The highest BCUT2D eigenvalue weighted by Crippen LogP contribution is 2.23. The predicted molar refractivity (Wildman–Crippen MR) is 53.9 cm³/mol. The highest BCUT2D eigenvalue weighted by molar-refractivity contribution is 7.86. The fourth-order valence-electron chi connectivity index (χ4n) is 0.896. The lowest BCUT2D eigenvalue weighted by Crippen LogP contribution is -2.06. The third-order valence-corrected chi connectivity index (χ3v) is 2.23. The van der Waals surface area contributed by atoms with E-state index in [4.69, 9.17) is 16.7 Å². The molecule has 82 valence electrons. The highest BCUT2D eigenvalue weighted by atomic mass is 35.5. The number of benzene rings is 1. The van der Waals surface area contributed by atoms with Crippen LogP contribution in [-0.2, 0) is 10.1 Å². The van der Waals surface area contributed by atoms with Crippen molar-refractivity contribution >= 4 is 27.7 Å². The molecule has 7 heteroatoms. The molecule has 0 amide bonds. The van der Waals surface area contributed by atoms with E-state index in [2.05, 4.69) is 4.18 Å². The number of halogens is 1. The third kappa shape index (κ3) is 3.41. The molecule has 1 rings (SSSR count). The first kappa shape index (κ1) is 11.8. The smallest absolute Gasteiger partial charge is 0.337 e. The number of hydrogen-bond donors (Lipinski definition) is 1. The van der Waals surface area contributed by atoms with Gasteiger partial charge in [0.05, 0.1) is 16.8 Å². The average molecular weight is 251 g/mol. The van der Waals surface area contributed by atoms with Crippen molar-refractivity contribution in [3.05, 3.63) is 28.8 Å². The van der Waals surface area contributed by atoms with E-state index in [0.717, 1.165) is 12.3 Å². The van der Waals surface area contributed by atoms with Crippen LogP contribution in [0.2, 0.25) is 5.02 Å². The molecular weight excluding hydrogens is 244 g/mol. The monoisotopic (exact) mass is 250 g/mol. The minimum absolute atomic E-state index is 0.0208. The molecule has 15 heavy (non-hydrogen) atoms. The summed E-state index contributed by atoms with van der Waals surface area (Å²) in [6, 6.07) is 3.52. The van der Waals surface area contributed by atoms with Crippen molar-refractivity contribution in [2.45, 2.75) is 0 Å². The first-order valence-electron chi connectivity index (χ1n) is 3.72. The molecule has 0 spiro atoms. The lowest BCUT2D eigenvalue weighted by atomic mass is 10.2. The standard InChI is InChI=1S/C8H7ClO5S/c1-15(12,13)14-5-2-3-6(8(10)11)7(9)4-5/h2-4H,1H3,(H,10,11). The lowest BCUT2D eigenvalue weighted by molar-refractivity contribution is 0.0697. The van der Waals surface area contributed by atoms with Crippen LogP contribution >= 0.6 is 11.6 Å². The van der Waals surface area contributed by atoms with E-state index in [1.165, 1.54) is 12.1 Å². The SMILES string of the molecule is CS(=O)(=O)Oc1ccc(C(=O)O)c(Cl)c1. The van der Waals surface area contributed by atoms with Gasteiger partial charge >= 0.3 is 16.1 Å². The van der Waals surface area contributed by atoms with Gasteiger partial charge in [-0.25, -0.2) is 4.79 Å². The molecule has 1 aromatic rings. The van der Waals surface area contributed by atoms with Crippen LogP contribution in [-0.4, -0.2) is 25.7 Å². The van der Waals surface area contributed by atoms with E-state index in [1.807, 2.05) is 0 Å². The summed E-state index contributed by atoms with van der Waals surface area (Å²) in [5.41, 5.74) is -0.113. The van der Waals surface area contributed by atoms with Crippen LogP contribution in [0.1, 0.15) is 10.4 Å². The minimum atomic E-state index is -3.63. The summed E-state index contributed by atoms with van der Waals surface area (Å²) in [7, 11) is -3.63. The van der Waals surface area contributed by atoms with Gasteiger partial charge in [-0.1, -0.05) is 11.6 Å². The van der Waals surface area contributed by atoms with E-state index < -0.39 is 16.1 Å². The number of hydrogen-bond acceptors (Lipinski definition) is 4. The molecule has 0 saturated heterocycles. The van der Waals surface area contributed by atoms with Crippen molar-refractivity contribution in [1.29, 1.82) is 0 Å². The van der Waals surface area contributed by atoms with Gasteiger partial charge in [0.1, 0.15) is 5.75 Å². The molecule has 5 nitrogen and oxygen atoms in total. The van der Waals surface area contributed by atoms with E-state index in [1.54, 1.807) is 0 Å². The summed E-state index contributed by atoms with van der Waals surface area (Å²) < 4.78 is 26.0. The molecule has 0 fully saturated rings. The third-order valence-electron chi connectivity index (χ3n) is 1.42. The van der Waals surface area contributed by atoms with Gasteiger partial charge in [0, 0.05) is 6.07 Å². The second kappa shape index (κ2) is 4.08. The minimum Gasteiger partial charge on any atom is -0.478 e. The molecule has 0 aliphatic rings. The zero-order valence-electron chi connectivity index (χ0n) is 7.60. The van der Waals surface area contributed by atoms with Gasteiger partial charge < -0.3 is 9.29 Å². The largest absolute Gasteiger partial charge is 0.478 e. The van der Waals surface area contributed by atoms with Gasteiger partial charge in [0.25, 0.3) is 0 Å². The summed E-state index contributed by atoms with van der Waals surface area (Å²) in [6.45, 7) is 0. The Morgan fingerprint density at radius 3 is 2.47 bits per heavy atom. The Balaban J connectivity index is 3.07. The Bertz CT molecular complexity index is 494. The fraction of sp³-hybridized carbons (Fsp3) is 0.125. The topological polar surface area (TPSA) is 80.7 Å². The fourth-order valence-corrected chi connectivity index (χ4v) is 1.60. The second-order valence-corrected chi connectivity index (χ2v) is 4.72. The van der Waals surface area contributed by atoms with Crippen LogP contribution in [0.25, 0.3) is 0 Å². The van der Waals surface area contributed by atoms with Crippen LogP contribution in [0.15, 0.2) is 18.2 Å². The van der Waals surface area contributed by atoms with Crippen LogP contribution in [0, 0.1) is 0 Å². The van der Waals surface area contributed by atoms with E-state index in [0.29, 0.717) is 0 Å². The van der Waals surface area contributed by atoms with Gasteiger partial charge in [-0.2, -0.15) is 8.42 Å². The molecule has 0 unspecified atom stereocenters. The van der Waals surface area contributed by atoms with Gasteiger partial charge in [-0.3, -0.25) is 0 Å². The molecule has 0 atom stereocenters. The summed E-state index contributed by atoms with van der Waals surface area (Å²) >= 11 is 5.60. The lowest BCUT2D eigenvalue weighted by Gasteiger charge is -2.04. The van der Waals surface area contributed by atoms with E-state index in [-0.39, 0.29) is 16.3 Å². The molecule has 0 bridgehead atoms. The Kier molecular flexibility index (Phi) is 3.21. The van der Waals surface area contributed by atoms with Crippen LogP contribution < -0.4 is 4.18 Å². The van der Waals surface area contributed by atoms with Crippen molar-refractivity contribution in [2.24, 2.45) is 0 Å².